The second-order valence-electron chi connectivity index (χ2n) is 17.5. The average Bonchev–Trinajstić information content (AvgIpc) is 4.03. The highest BCUT2D eigenvalue weighted by atomic mass is 15.0. The second kappa shape index (κ2) is 14.4. The van der Waals surface area contributed by atoms with Gasteiger partial charge in [0.1, 0.15) is 0 Å². The lowest BCUT2D eigenvalue weighted by atomic mass is 9.82. The monoisotopic (exact) mass is 836 g/mol. The van der Waals surface area contributed by atoms with Crippen molar-refractivity contribution >= 4 is 43.6 Å². The molecule has 306 valence electrons. The molecule has 0 N–H and O–H groups in total. The Bertz CT molecular complexity index is 4290. The van der Waals surface area contributed by atoms with E-state index in [2.05, 4.69) is 115 Å². The maximum absolute atomic E-state index is 10.3. The molecule has 2 heteroatoms. The number of fused-ring (bicyclic) bond motifs is 9. The number of para-hydroxylation sites is 1. The molecule has 65 heavy (non-hydrogen) atoms. The van der Waals surface area contributed by atoms with Gasteiger partial charge in [0.15, 0.2) is 0 Å². The minimum Gasteiger partial charge on any atom is -0.309 e. The van der Waals surface area contributed by atoms with E-state index in [1.54, 1.807) is 12.1 Å². The van der Waals surface area contributed by atoms with Crippen LogP contribution in [0.1, 0.15) is 35.9 Å². The molecule has 0 saturated heterocycles. The first-order valence-corrected chi connectivity index (χ1v) is 22.0. The summed E-state index contributed by atoms with van der Waals surface area (Å²) in [5.74, 6) is 0. The SMILES string of the molecule is [2H]c1c([2H])c([2H])c(-c2cccc3c2c2c([2H])c(-c4ccc5c(c4)c4ccccc4n5-c4ccc(-c5ccccc5)cc4-c4ccccc4)c([2H])c([2H])c2n3-c2ccc3c(c2)-c2ccccc2C3(C)C)c([2H])c1[2H]. The predicted molar refractivity (Wildman–Crippen MR) is 274 cm³/mol. The van der Waals surface area contributed by atoms with Crippen LogP contribution in [-0.4, -0.2) is 9.13 Å². The molecule has 1 aliphatic rings. The first-order valence-electron chi connectivity index (χ1n) is 26.0. The summed E-state index contributed by atoms with van der Waals surface area (Å²) in [6.45, 7) is 4.43. The van der Waals surface area contributed by atoms with Gasteiger partial charge in [-0.2, -0.15) is 0 Å². The predicted octanol–water partition coefficient (Wildman–Crippen LogP) is 16.9. The van der Waals surface area contributed by atoms with Crippen LogP contribution in [0.4, 0.5) is 0 Å². The number of aromatic nitrogens is 2. The van der Waals surface area contributed by atoms with Crippen molar-refractivity contribution in [2.45, 2.75) is 19.3 Å². The molecule has 2 heterocycles. The van der Waals surface area contributed by atoms with Gasteiger partial charge >= 0.3 is 0 Å². The molecule has 0 fully saturated rings. The van der Waals surface area contributed by atoms with Gasteiger partial charge in [0.25, 0.3) is 0 Å². The normalized spacial score (nSPS) is 14.6. The number of nitrogens with zero attached hydrogens (tertiary/aromatic N) is 2. The zero-order valence-electron chi connectivity index (χ0n) is 43.7. The Kier molecular flexibility index (Phi) is 6.65. The van der Waals surface area contributed by atoms with Crippen LogP contribution in [-0.2, 0) is 5.41 Å². The van der Waals surface area contributed by atoms with E-state index in [0.717, 1.165) is 66.4 Å². The lowest BCUT2D eigenvalue weighted by molar-refractivity contribution is 0.660. The van der Waals surface area contributed by atoms with Crippen LogP contribution in [0.15, 0.2) is 230 Å². The van der Waals surface area contributed by atoms with Gasteiger partial charge in [-0.05, 0) is 122 Å². The quantitative estimate of drug-likeness (QED) is 0.158. The highest BCUT2D eigenvalue weighted by molar-refractivity contribution is 6.17. The molecule has 0 atom stereocenters. The Morgan fingerprint density at radius 2 is 1.05 bits per heavy atom. The summed E-state index contributed by atoms with van der Waals surface area (Å²) >= 11 is 0. The highest BCUT2D eigenvalue weighted by Crippen LogP contribution is 2.50. The van der Waals surface area contributed by atoms with Crippen LogP contribution < -0.4 is 0 Å². The van der Waals surface area contributed by atoms with Crippen molar-refractivity contribution in [3.8, 4) is 67.0 Å². The molecular weight excluding hydrogens is 785 g/mol. The summed E-state index contributed by atoms with van der Waals surface area (Å²) in [6.07, 6.45) is 0. The molecule has 13 rings (SSSR count). The maximum atomic E-state index is 10.3. The van der Waals surface area contributed by atoms with Crippen LogP contribution >= 0.6 is 0 Å². The van der Waals surface area contributed by atoms with Gasteiger partial charge in [0, 0.05) is 38.2 Å². The van der Waals surface area contributed by atoms with Crippen molar-refractivity contribution in [2.75, 3.05) is 0 Å². The summed E-state index contributed by atoms with van der Waals surface area (Å²) in [5, 5.41) is 2.70. The smallest absolute Gasteiger partial charge is 0.0645 e. The Hall–Kier alpha value is -8.20. The van der Waals surface area contributed by atoms with E-state index in [1.807, 2.05) is 77.4 Å². The first-order chi connectivity index (χ1) is 35.3. The average molecular weight is 837 g/mol. The number of rotatable bonds is 6. The fraction of sp³-hybridized carbons (Fsp3) is 0.0476. The van der Waals surface area contributed by atoms with E-state index in [9.17, 15) is 4.11 Å². The topological polar surface area (TPSA) is 9.86 Å². The van der Waals surface area contributed by atoms with Crippen molar-refractivity contribution in [1.82, 2.24) is 9.13 Å². The lowest BCUT2D eigenvalue weighted by Gasteiger charge is -2.21. The first kappa shape index (κ1) is 30.0. The molecule has 2 nitrogen and oxygen atoms in total. The minimum atomic E-state index is -0.498. The van der Waals surface area contributed by atoms with Crippen molar-refractivity contribution in [1.29, 1.82) is 0 Å². The third-order valence-corrected chi connectivity index (χ3v) is 13.5. The number of hydrogen-bond donors (Lipinski definition) is 0. The van der Waals surface area contributed by atoms with Crippen molar-refractivity contribution in [3.05, 3.63) is 241 Å². The third kappa shape index (κ3) is 5.74. The molecular formula is C63H44N2. The summed E-state index contributed by atoms with van der Waals surface area (Å²) in [4.78, 5) is 0. The standard InChI is InChI=1S/C63H44N2/c1-63(2)55-26-14-12-23-49(55)52-40-47(32-33-56(52)63)64-60-36-31-46(39-54(60)62-48(25-16-28-61(62)64)42-19-8-4-9-20-42)45-30-35-59-53(38-45)50-24-13-15-27-57(50)65(59)58-34-29-44(41-17-6-3-7-18-41)37-51(58)43-21-10-5-11-22-43/h3-40H,1-2H3/i4D,8D,9D,19D,20D,31D,36D,39D. The van der Waals surface area contributed by atoms with Gasteiger partial charge in [0.05, 0.1) is 38.7 Å². The van der Waals surface area contributed by atoms with Crippen LogP contribution in [0.5, 0.6) is 0 Å². The molecule has 2 aromatic heterocycles. The Morgan fingerprint density at radius 1 is 0.369 bits per heavy atom. The van der Waals surface area contributed by atoms with Gasteiger partial charge in [-0.25, -0.2) is 0 Å². The van der Waals surface area contributed by atoms with Gasteiger partial charge in [-0.15, -0.1) is 0 Å². The molecule has 0 amide bonds. The zero-order chi connectivity index (χ0) is 50.2. The van der Waals surface area contributed by atoms with Gasteiger partial charge < -0.3 is 9.13 Å². The molecule has 12 aromatic rings. The summed E-state index contributed by atoms with van der Waals surface area (Å²) in [5.41, 5.74) is 14.3. The zero-order valence-corrected chi connectivity index (χ0v) is 35.7. The molecule has 10 aromatic carbocycles. The van der Waals surface area contributed by atoms with Crippen LogP contribution in [0.25, 0.3) is 111 Å². The second-order valence-corrected chi connectivity index (χ2v) is 17.5. The van der Waals surface area contributed by atoms with Crippen molar-refractivity contribution in [3.63, 3.8) is 0 Å². The minimum absolute atomic E-state index is 0.00171. The Morgan fingerprint density at radius 3 is 1.89 bits per heavy atom. The van der Waals surface area contributed by atoms with E-state index in [0.29, 0.717) is 38.6 Å². The molecule has 0 unspecified atom stereocenters. The molecule has 0 saturated carbocycles. The van der Waals surface area contributed by atoms with E-state index >= 15 is 0 Å². The van der Waals surface area contributed by atoms with E-state index in [4.69, 9.17) is 6.85 Å². The van der Waals surface area contributed by atoms with E-state index in [-0.39, 0.29) is 46.8 Å². The van der Waals surface area contributed by atoms with E-state index in [1.165, 1.54) is 5.56 Å². The number of benzene rings is 10. The van der Waals surface area contributed by atoms with Gasteiger partial charge in [-0.3, -0.25) is 0 Å². The van der Waals surface area contributed by atoms with Crippen molar-refractivity contribution < 1.29 is 11.0 Å². The van der Waals surface area contributed by atoms with Gasteiger partial charge in [0.2, 0.25) is 0 Å². The largest absolute Gasteiger partial charge is 0.309 e. The van der Waals surface area contributed by atoms with Crippen molar-refractivity contribution in [2.24, 2.45) is 0 Å². The summed E-state index contributed by atoms with van der Waals surface area (Å²) in [6, 6.07) is 59.2. The maximum Gasteiger partial charge on any atom is 0.0645 e. The summed E-state index contributed by atoms with van der Waals surface area (Å²) < 4.78 is 78.6. The summed E-state index contributed by atoms with van der Waals surface area (Å²) in [7, 11) is 0. The Labute approximate surface area is 390 Å². The van der Waals surface area contributed by atoms with Crippen LogP contribution in [0, 0.1) is 0 Å². The van der Waals surface area contributed by atoms with Crippen LogP contribution in [0.3, 0.4) is 0 Å². The molecule has 0 aliphatic heterocycles. The molecule has 1 aliphatic carbocycles. The fourth-order valence-corrected chi connectivity index (χ4v) is 10.5. The Balaban J connectivity index is 1.09. The molecule has 0 bridgehead atoms. The molecule has 0 spiro atoms. The van der Waals surface area contributed by atoms with E-state index < -0.39 is 18.1 Å². The fourth-order valence-electron chi connectivity index (χ4n) is 10.5. The third-order valence-electron chi connectivity index (χ3n) is 13.5. The highest BCUT2D eigenvalue weighted by Gasteiger charge is 2.35. The molecule has 0 radical (unpaired) electrons. The van der Waals surface area contributed by atoms with Crippen LogP contribution in [0.2, 0.25) is 0 Å². The lowest BCUT2D eigenvalue weighted by Crippen LogP contribution is -2.14. The van der Waals surface area contributed by atoms with Gasteiger partial charge in [-0.1, -0.05) is 184 Å². The number of hydrogen-bond acceptors (Lipinski definition) is 0.